The van der Waals surface area contributed by atoms with E-state index in [0.29, 0.717) is 0 Å². The first-order valence-corrected chi connectivity index (χ1v) is 6.86. The van der Waals surface area contributed by atoms with Gasteiger partial charge in [-0.05, 0) is 18.4 Å². The average molecular weight is 237 g/mol. The number of carbonyl (C=O) groups excluding carboxylic acids is 1. The van der Waals surface area contributed by atoms with Crippen LogP contribution in [0.1, 0.15) is 70.6 Å². The van der Waals surface area contributed by atoms with Crippen molar-refractivity contribution >= 4 is 6.29 Å². The van der Waals surface area contributed by atoms with E-state index < -0.39 is 5.54 Å². The van der Waals surface area contributed by atoms with Gasteiger partial charge < -0.3 is 4.79 Å². The summed E-state index contributed by atoms with van der Waals surface area (Å²) in [5.41, 5.74) is 7.85. The minimum Gasteiger partial charge on any atom is -0.303 e. The van der Waals surface area contributed by atoms with Gasteiger partial charge in [0, 0.05) is 4.91 Å². The van der Waals surface area contributed by atoms with Crippen molar-refractivity contribution in [2.45, 2.75) is 76.2 Å². The Labute approximate surface area is 103 Å². The molecule has 0 aromatic heterocycles. The van der Waals surface area contributed by atoms with Gasteiger partial charge in [0.05, 0.1) is 0 Å². The highest BCUT2D eigenvalue weighted by Crippen LogP contribution is 2.26. The van der Waals surface area contributed by atoms with Crippen LogP contribution >= 0.6 is 0 Å². The summed E-state index contributed by atoms with van der Waals surface area (Å²) in [7, 11) is 0. The predicted octanol–water partition coefficient (Wildman–Crippen LogP) is 4.54. The molecule has 1 fully saturated rings. The molecule has 0 aromatic carbocycles. The Morgan fingerprint density at radius 2 is 1.29 bits per heavy atom. The predicted molar refractivity (Wildman–Crippen MR) is 68.7 cm³/mol. The van der Waals surface area contributed by atoms with Crippen molar-refractivity contribution in [3.05, 3.63) is 10.4 Å². The highest BCUT2D eigenvalue weighted by atomic mass is 16.1. The van der Waals surface area contributed by atoms with E-state index in [1.54, 1.807) is 0 Å². The van der Waals surface area contributed by atoms with Crippen molar-refractivity contribution in [1.82, 2.24) is 0 Å². The number of rotatable bonds is 2. The lowest BCUT2D eigenvalue weighted by molar-refractivity contribution is -0.112. The minimum atomic E-state index is -0.756. The lowest BCUT2D eigenvalue weighted by atomic mass is 9.87. The van der Waals surface area contributed by atoms with Gasteiger partial charge in [-0.3, -0.25) is 0 Å². The van der Waals surface area contributed by atoms with Crippen LogP contribution in [0.4, 0.5) is 0 Å². The molecule has 1 saturated carbocycles. The van der Waals surface area contributed by atoms with Gasteiger partial charge in [0.1, 0.15) is 11.8 Å². The van der Waals surface area contributed by atoms with E-state index in [-0.39, 0.29) is 0 Å². The Kier molecular flexibility index (Phi) is 6.71. The van der Waals surface area contributed by atoms with E-state index >= 15 is 0 Å². The third kappa shape index (κ3) is 5.22. The molecule has 17 heavy (non-hydrogen) atoms. The monoisotopic (exact) mass is 237 g/mol. The Hall–Kier alpha value is -1.02. The number of carbonyl (C=O) groups is 1. The van der Waals surface area contributed by atoms with Gasteiger partial charge in [0.2, 0.25) is 0 Å². The summed E-state index contributed by atoms with van der Waals surface area (Å²) in [5.74, 6) is 0. The Morgan fingerprint density at radius 3 is 1.65 bits per heavy atom. The van der Waals surface area contributed by atoms with Gasteiger partial charge in [0.15, 0.2) is 0 Å². The molecule has 0 N–H and O–H groups in total. The fourth-order valence-corrected chi connectivity index (χ4v) is 2.56. The van der Waals surface area contributed by atoms with Crippen LogP contribution in [-0.4, -0.2) is 11.8 Å². The maximum Gasteiger partial charge on any atom is 0.131 e. The molecule has 0 bridgehead atoms. The molecule has 1 rings (SSSR count). The standard InChI is InChI=1S/C13H23N3O/c14-16-15-13(12-17)10-8-6-4-2-1-3-5-7-9-11-13/h12H,1-11H2. The van der Waals surface area contributed by atoms with Gasteiger partial charge >= 0.3 is 0 Å². The Bertz CT molecular complexity index is 260. The molecule has 1 aliphatic carbocycles. The summed E-state index contributed by atoms with van der Waals surface area (Å²) in [5, 5.41) is 3.77. The SMILES string of the molecule is [N-]=[N+]=NC1(C=O)CCCCCCCCCCC1. The van der Waals surface area contributed by atoms with E-state index in [1.165, 1.54) is 32.1 Å². The lowest BCUT2D eigenvalue weighted by Crippen LogP contribution is -2.27. The molecule has 0 spiro atoms. The first-order valence-electron chi connectivity index (χ1n) is 6.86. The smallest absolute Gasteiger partial charge is 0.131 e. The molecule has 1 aliphatic rings. The van der Waals surface area contributed by atoms with E-state index in [2.05, 4.69) is 10.0 Å². The van der Waals surface area contributed by atoms with Gasteiger partial charge in [-0.1, -0.05) is 62.9 Å². The molecule has 0 amide bonds. The van der Waals surface area contributed by atoms with Crippen LogP contribution in [0.3, 0.4) is 0 Å². The lowest BCUT2D eigenvalue weighted by Gasteiger charge is -2.22. The number of hydrogen-bond acceptors (Lipinski definition) is 2. The summed E-state index contributed by atoms with van der Waals surface area (Å²) < 4.78 is 0. The maximum absolute atomic E-state index is 11.2. The van der Waals surface area contributed by atoms with Crippen LogP contribution in [-0.2, 0) is 4.79 Å². The first-order chi connectivity index (χ1) is 8.33. The molecule has 0 atom stereocenters. The molecule has 0 aliphatic heterocycles. The number of azide groups is 1. The fourth-order valence-electron chi connectivity index (χ4n) is 2.56. The highest BCUT2D eigenvalue weighted by molar-refractivity contribution is 5.64. The normalized spacial score (nSPS) is 22.6. The summed E-state index contributed by atoms with van der Waals surface area (Å²) >= 11 is 0. The number of hydrogen-bond donors (Lipinski definition) is 0. The second-order valence-corrected chi connectivity index (χ2v) is 5.09. The average Bonchev–Trinajstić information content (AvgIpc) is 2.33. The number of nitrogens with zero attached hydrogens (tertiary/aromatic N) is 3. The van der Waals surface area contributed by atoms with Crippen molar-refractivity contribution in [2.24, 2.45) is 5.11 Å². The molecule has 96 valence electrons. The van der Waals surface area contributed by atoms with Gasteiger partial charge in [-0.2, -0.15) is 0 Å². The van der Waals surface area contributed by atoms with Gasteiger partial charge in [-0.25, -0.2) is 0 Å². The molecule has 4 heteroatoms. The zero-order valence-electron chi connectivity index (χ0n) is 10.6. The molecule has 0 saturated heterocycles. The molecule has 4 nitrogen and oxygen atoms in total. The van der Waals surface area contributed by atoms with Crippen LogP contribution in [0.2, 0.25) is 0 Å². The largest absolute Gasteiger partial charge is 0.303 e. The van der Waals surface area contributed by atoms with E-state index in [0.717, 1.165) is 44.8 Å². The van der Waals surface area contributed by atoms with Crippen LogP contribution < -0.4 is 0 Å². The summed E-state index contributed by atoms with van der Waals surface area (Å²) in [6, 6.07) is 0. The fraction of sp³-hybridized carbons (Fsp3) is 0.923. The molecule has 0 aromatic rings. The molecular formula is C13H23N3O. The van der Waals surface area contributed by atoms with Crippen molar-refractivity contribution < 1.29 is 4.79 Å². The van der Waals surface area contributed by atoms with Crippen LogP contribution in [0.5, 0.6) is 0 Å². The van der Waals surface area contributed by atoms with Crippen molar-refractivity contribution in [3.63, 3.8) is 0 Å². The van der Waals surface area contributed by atoms with E-state index in [9.17, 15) is 4.79 Å². The molecule has 0 heterocycles. The zero-order valence-corrected chi connectivity index (χ0v) is 10.6. The quantitative estimate of drug-likeness (QED) is 0.301. The van der Waals surface area contributed by atoms with Crippen molar-refractivity contribution in [3.8, 4) is 0 Å². The van der Waals surface area contributed by atoms with Gasteiger partial charge in [0.25, 0.3) is 0 Å². The topological polar surface area (TPSA) is 65.8 Å². The molecular weight excluding hydrogens is 214 g/mol. The van der Waals surface area contributed by atoms with Crippen LogP contribution in [0.25, 0.3) is 10.4 Å². The van der Waals surface area contributed by atoms with Crippen LogP contribution in [0, 0.1) is 0 Å². The second-order valence-electron chi connectivity index (χ2n) is 5.09. The van der Waals surface area contributed by atoms with Crippen molar-refractivity contribution in [1.29, 1.82) is 0 Å². The van der Waals surface area contributed by atoms with E-state index in [4.69, 9.17) is 5.53 Å². The Balaban J connectivity index is 2.57. The third-order valence-corrected chi connectivity index (χ3v) is 3.68. The van der Waals surface area contributed by atoms with Crippen LogP contribution in [0.15, 0.2) is 5.11 Å². The summed E-state index contributed by atoms with van der Waals surface area (Å²) in [6.45, 7) is 0. The first kappa shape index (κ1) is 14.0. The number of aldehydes is 1. The molecule has 0 radical (unpaired) electrons. The Morgan fingerprint density at radius 1 is 0.882 bits per heavy atom. The summed E-state index contributed by atoms with van der Waals surface area (Å²) in [4.78, 5) is 14.1. The van der Waals surface area contributed by atoms with Gasteiger partial charge in [-0.15, -0.1) is 0 Å². The van der Waals surface area contributed by atoms with E-state index in [1.807, 2.05) is 0 Å². The van der Waals surface area contributed by atoms with Crippen molar-refractivity contribution in [2.75, 3.05) is 0 Å². The maximum atomic E-state index is 11.2. The zero-order chi connectivity index (χ0) is 12.4. The third-order valence-electron chi connectivity index (χ3n) is 3.68. The summed E-state index contributed by atoms with van der Waals surface area (Å²) in [6.07, 6.45) is 13.0. The molecule has 0 unspecified atom stereocenters. The second kappa shape index (κ2) is 8.13. The highest BCUT2D eigenvalue weighted by Gasteiger charge is 2.27. The minimum absolute atomic E-state index is 0.723.